The lowest BCUT2D eigenvalue weighted by Gasteiger charge is -1.93. The zero-order valence-corrected chi connectivity index (χ0v) is 7.89. The van der Waals surface area contributed by atoms with E-state index in [-0.39, 0.29) is 0 Å². The summed E-state index contributed by atoms with van der Waals surface area (Å²) in [6.07, 6.45) is 3.29. The van der Waals surface area contributed by atoms with Crippen molar-refractivity contribution in [2.24, 2.45) is 5.92 Å². The SMILES string of the molecule is CC(C)C#Cc1ccncc1Cl. The van der Waals surface area contributed by atoms with Crippen LogP contribution in [0.4, 0.5) is 0 Å². The van der Waals surface area contributed by atoms with Crippen LogP contribution in [-0.4, -0.2) is 4.98 Å². The highest BCUT2D eigenvalue weighted by Gasteiger charge is 1.93. The molecule has 2 heteroatoms. The molecule has 0 unspecified atom stereocenters. The van der Waals surface area contributed by atoms with Crippen LogP contribution in [0.2, 0.25) is 5.02 Å². The molecule has 1 nitrogen and oxygen atoms in total. The van der Waals surface area contributed by atoms with Crippen LogP contribution >= 0.6 is 11.6 Å². The molecule has 0 atom stereocenters. The highest BCUT2D eigenvalue weighted by Crippen LogP contribution is 2.11. The third kappa shape index (κ3) is 2.56. The summed E-state index contributed by atoms with van der Waals surface area (Å²) in [5.74, 6) is 6.40. The van der Waals surface area contributed by atoms with E-state index in [1.54, 1.807) is 12.4 Å². The largest absolute Gasteiger partial charge is 0.263 e. The highest BCUT2D eigenvalue weighted by atomic mass is 35.5. The zero-order valence-electron chi connectivity index (χ0n) is 7.13. The maximum Gasteiger partial charge on any atom is 0.0745 e. The van der Waals surface area contributed by atoms with Gasteiger partial charge in [-0.2, -0.15) is 0 Å². The summed E-state index contributed by atoms with van der Waals surface area (Å²) in [6.45, 7) is 4.09. The third-order valence-electron chi connectivity index (χ3n) is 1.27. The molecule has 0 saturated carbocycles. The fraction of sp³-hybridized carbons (Fsp3) is 0.300. The number of pyridine rings is 1. The van der Waals surface area contributed by atoms with Crippen molar-refractivity contribution >= 4 is 11.6 Å². The van der Waals surface area contributed by atoms with Crippen LogP contribution in [0, 0.1) is 17.8 Å². The van der Waals surface area contributed by atoms with Gasteiger partial charge in [0.1, 0.15) is 0 Å². The van der Waals surface area contributed by atoms with E-state index in [1.165, 1.54) is 0 Å². The first-order chi connectivity index (χ1) is 5.70. The summed E-state index contributed by atoms with van der Waals surface area (Å²) < 4.78 is 0. The first-order valence-electron chi connectivity index (χ1n) is 3.81. The van der Waals surface area contributed by atoms with Gasteiger partial charge >= 0.3 is 0 Å². The molecule has 0 radical (unpaired) electrons. The van der Waals surface area contributed by atoms with Crippen LogP contribution in [0.25, 0.3) is 0 Å². The van der Waals surface area contributed by atoms with E-state index in [9.17, 15) is 0 Å². The second kappa shape index (κ2) is 4.13. The first-order valence-corrected chi connectivity index (χ1v) is 4.19. The minimum Gasteiger partial charge on any atom is -0.263 e. The predicted molar refractivity (Wildman–Crippen MR) is 51.0 cm³/mol. The Kier molecular flexibility index (Phi) is 3.13. The van der Waals surface area contributed by atoms with Crippen molar-refractivity contribution in [3.05, 3.63) is 29.0 Å². The van der Waals surface area contributed by atoms with Gasteiger partial charge in [-0.3, -0.25) is 4.98 Å². The Labute approximate surface area is 77.8 Å². The number of hydrogen-bond acceptors (Lipinski definition) is 1. The van der Waals surface area contributed by atoms with E-state index >= 15 is 0 Å². The van der Waals surface area contributed by atoms with Gasteiger partial charge in [0, 0.05) is 23.9 Å². The molecule has 0 saturated heterocycles. The molecule has 0 aliphatic heterocycles. The second-order valence-electron chi connectivity index (χ2n) is 2.78. The van der Waals surface area contributed by atoms with Gasteiger partial charge < -0.3 is 0 Å². The Bertz CT molecular complexity index is 320. The van der Waals surface area contributed by atoms with E-state index in [4.69, 9.17) is 11.6 Å². The summed E-state index contributed by atoms with van der Waals surface area (Å²) in [6, 6.07) is 1.82. The maximum atomic E-state index is 5.84. The van der Waals surface area contributed by atoms with Crippen LogP contribution in [0.3, 0.4) is 0 Å². The Morgan fingerprint density at radius 2 is 2.25 bits per heavy atom. The molecule has 62 valence electrons. The van der Waals surface area contributed by atoms with Gasteiger partial charge in [-0.25, -0.2) is 0 Å². The van der Waals surface area contributed by atoms with Crippen LogP contribution in [-0.2, 0) is 0 Å². The molecule has 12 heavy (non-hydrogen) atoms. The molecule has 1 rings (SSSR count). The Morgan fingerprint density at radius 3 is 2.83 bits per heavy atom. The number of hydrogen-bond donors (Lipinski definition) is 0. The molecule has 0 bridgehead atoms. The Hall–Kier alpha value is -1.00. The van der Waals surface area contributed by atoms with Crippen molar-refractivity contribution in [1.82, 2.24) is 4.98 Å². The number of halogens is 1. The smallest absolute Gasteiger partial charge is 0.0745 e. The molecule has 0 aromatic carbocycles. The average Bonchev–Trinajstić information content (AvgIpc) is 2.03. The molecule has 1 aromatic heterocycles. The Morgan fingerprint density at radius 1 is 1.50 bits per heavy atom. The standard InChI is InChI=1S/C10H10ClN/c1-8(2)3-4-9-5-6-12-7-10(9)11/h5-8H,1-2H3. The third-order valence-corrected chi connectivity index (χ3v) is 1.57. The maximum absolute atomic E-state index is 5.84. The molecule has 0 spiro atoms. The molecular weight excluding hydrogens is 170 g/mol. The van der Waals surface area contributed by atoms with Gasteiger partial charge in [0.2, 0.25) is 0 Å². The zero-order chi connectivity index (χ0) is 8.97. The monoisotopic (exact) mass is 179 g/mol. The number of nitrogens with zero attached hydrogens (tertiary/aromatic N) is 1. The predicted octanol–water partition coefficient (Wildman–Crippen LogP) is 2.74. The minimum absolute atomic E-state index is 0.370. The van der Waals surface area contributed by atoms with E-state index in [1.807, 2.05) is 19.9 Å². The number of rotatable bonds is 0. The van der Waals surface area contributed by atoms with E-state index in [2.05, 4.69) is 16.8 Å². The van der Waals surface area contributed by atoms with Crippen molar-refractivity contribution in [2.75, 3.05) is 0 Å². The quantitative estimate of drug-likeness (QED) is 0.558. The fourth-order valence-corrected chi connectivity index (χ4v) is 0.865. The van der Waals surface area contributed by atoms with Crippen LogP contribution in [0.15, 0.2) is 18.5 Å². The lowest BCUT2D eigenvalue weighted by molar-refractivity contribution is 0.866. The minimum atomic E-state index is 0.370. The topological polar surface area (TPSA) is 12.9 Å². The summed E-state index contributed by atoms with van der Waals surface area (Å²) in [7, 11) is 0. The fourth-order valence-electron chi connectivity index (χ4n) is 0.699. The summed E-state index contributed by atoms with van der Waals surface area (Å²) in [4.78, 5) is 3.87. The van der Waals surface area contributed by atoms with Crippen LogP contribution in [0.5, 0.6) is 0 Å². The second-order valence-corrected chi connectivity index (χ2v) is 3.19. The van der Waals surface area contributed by atoms with Crippen molar-refractivity contribution in [3.8, 4) is 11.8 Å². The molecule has 0 aliphatic rings. The van der Waals surface area contributed by atoms with Gasteiger partial charge in [-0.05, 0) is 6.07 Å². The molecule has 1 heterocycles. The van der Waals surface area contributed by atoms with Gasteiger partial charge in [-0.1, -0.05) is 37.3 Å². The molecule has 0 fully saturated rings. The molecule has 0 amide bonds. The molecule has 1 aromatic rings. The van der Waals surface area contributed by atoms with E-state index in [0.717, 1.165) is 5.56 Å². The van der Waals surface area contributed by atoms with Gasteiger partial charge in [-0.15, -0.1) is 0 Å². The first kappa shape index (κ1) is 9.09. The van der Waals surface area contributed by atoms with Crippen LogP contribution < -0.4 is 0 Å². The Balaban J connectivity index is 2.92. The van der Waals surface area contributed by atoms with Crippen molar-refractivity contribution in [2.45, 2.75) is 13.8 Å². The average molecular weight is 180 g/mol. The van der Waals surface area contributed by atoms with Gasteiger partial charge in [0.25, 0.3) is 0 Å². The molecule has 0 aliphatic carbocycles. The van der Waals surface area contributed by atoms with Gasteiger partial charge in [0.15, 0.2) is 0 Å². The number of aromatic nitrogens is 1. The van der Waals surface area contributed by atoms with Crippen molar-refractivity contribution in [3.63, 3.8) is 0 Å². The molecular formula is C10H10ClN. The van der Waals surface area contributed by atoms with E-state index in [0.29, 0.717) is 10.9 Å². The van der Waals surface area contributed by atoms with Gasteiger partial charge in [0.05, 0.1) is 5.02 Å². The normalized spacial score (nSPS) is 9.33. The summed E-state index contributed by atoms with van der Waals surface area (Å²) in [5, 5.41) is 0.616. The lowest BCUT2D eigenvalue weighted by atomic mass is 10.2. The van der Waals surface area contributed by atoms with Crippen molar-refractivity contribution in [1.29, 1.82) is 0 Å². The summed E-state index contributed by atoms with van der Waals surface area (Å²) >= 11 is 5.84. The van der Waals surface area contributed by atoms with Crippen LogP contribution in [0.1, 0.15) is 19.4 Å². The lowest BCUT2D eigenvalue weighted by Crippen LogP contribution is -1.81. The summed E-state index contributed by atoms with van der Waals surface area (Å²) in [5.41, 5.74) is 0.848. The molecule has 0 N–H and O–H groups in total. The van der Waals surface area contributed by atoms with Crippen molar-refractivity contribution < 1.29 is 0 Å². The van der Waals surface area contributed by atoms with E-state index < -0.39 is 0 Å². The highest BCUT2D eigenvalue weighted by molar-refractivity contribution is 6.31.